The Morgan fingerprint density at radius 3 is 2.83 bits per heavy atom. The van der Waals surface area contributed by atoms with Gasteiger partial charge in [0, 0.05) is 6.54 Å². The monoisotopic (exact) mass is 250 g/mol. The number of hydrogen-bond donors (Lipinski definition) is 1. The highest BCUT2D eigenvalue weighted by atomic mass is 16.6. The van der Waals surface area contributed by atoms with E-state index in [4.69, 9.17) is 4.74 Å². The number of esters is 1. The van der Waals surface area contributed by atoms with E-state index in [1.165, 1.54) is 0 Å². The third kappa shape index (κ3) is 2.13. The van der Waals surface area contributed by atoms with Crippen molar-refractivity contribution in [3.8, 4) is 0 Å². The fourth-order valence-corrected chi connectivity index (χ4v) is 2.04. The molecule has 1 aliphatic heterocycles. The molecule has 0 aromatic rings. The minimum atomic E-state index is -0.875. The average molecular weight is 250 g/mol. The van der Waals surface area contributed by atoms with E-state index in [1.807, 2.05) is 6.92 Å². The Bertz CT molecular complexity index is 465. The van der Waals surface area contributed by atoms with Crippen LogP contribution in [0.15, 0.2) is 35.7 Å². The minimum absolute atomic E-state index is 0.292. The zero-order valence-electron chi connectivity index (χ0n) is 9.96. The topological polar surface area (TPSA) is 81.5 Å². The van der Waals surface area contributed by atoms with Crippen LogP contribution in [0.5, 0.6) is 0 Å². The van der Waals surface area contributed by atoms with Crippen LogP contribution in [0.25, 0.3) is 0 Å². The largest absolute Gasteiger partial charge is 0.449 e. The molecule has 0 aromatic carbocycles. The lowest BCUT2D eigenvalue weighted by molar-refractivity contribution is -0.424. The van der Waals surface area contributed by atoms with Gasteiger partial charge in [0.05, 0.1) is 10.8 Å². The summed E-state index contributed by atoms with van der Waals surface area (Å²) in [5.74, 6) is -1.17. The lowest BCUT2D eigenvalue weighted by Crippen LogP contribution is -2.41. The van der Waals surface area contributed by atoms with Crippen molar-refractivity contribution in [2.45, 2.75) is 19.4 Å². The summed E-state index contributed by atoms with van der Waals surface area (Å²) >= 11 is 0. The van der Waals surface area contributed by atoms with Crippen LogP contribution in [0.1, 0.15) is 13.3 Å². The van der Waals surface area contributed by atoms with Gasteiger partial charge in [0.25, 0.3) is 0 Å². The van der Waals surface area contributed by atoms with Gasteiger partial charge in [-0.05, 0) is 12.5 Å². The van der Waals surface area contributed by atoms with Gasteiger partial charge in [0.2, 0.25) is 0 Å². The van der Waals surface area contributed by atoms with Gasteiger partial charge in [-0.15, -0.1) is 0 Å². The Hall–Kier alpha value is -2.11. The molecule has 0 aromatic heterocycles. The SMILES string of the molecule is CCCNC1=C([N+](=O)[O-])C(=O)OC2C=CC=CC12. The van der Waals surface area contributed by atoms with E-state index >= 15 is 0 Å². The molecule has 1 aliphatic carbocycles. The number of fused-ring (bicyclic) bond motifs is 1. The molecule has 6 heteroatoms. The smallest absolute Gasteiger partial charge is 0.412 e. The van der Waals surface area contributed by atoms with Gasteiger partial charge in [-0.25, -0.2) is 4.79 Å². The van der Waals surface area contributed by atoms with E-state index in [2.05, 4.69) is 5.32 Å². The zero-order valence-corrected chi connectivity index (χ0v) is 9.96. The number of allylic oxidation sites excluding steroid dienone is 2. The van der Waals surface area contributed by atoms with Gasteiger partial charge in [0.15, 0.2) is 0 Å². The first kappa shape index (κ1) is 12.3. The predicted octanol–water partition coefficient (Wildman–Crippen LogP) is 1.14. The highest BCUT2D eigenvalue weighted by Crippen LogP contribution is 2.30. The molecule has 1 N–H and O–H groups in total. The maximum absolute atomic E-state index is 11.6. The second kappa shape index (κ2) is 5.03. The van der Waals surface area contributed by atoms with Crippen LogP contribution in [-0.4, -0.2) is 23.5 Å². The summed E-state index contributed by atoms with van der Waals surface area (Å²) in [6.45, 7) is 2.54. The summed E-state index contributed by atoms with van der Waals surface area (Å²) in [4.78, 5) is 21.9. The Kier molecular flexibility index (Phi) is 3.45. The van der Waals surface area contributed by atoms with E-state index in [1.54, 1.807) is 24.3 Å². The van der Waals surface area contributed by atoms with Crippen LogP contribution in [-0.2, 0) is 9.53 Å². The van der Waals surface area contributed by atoms with Gasteiger partial charge < -0.3 is 10.1 Å². The van der Waals surface area contributed by atoms with E-state index in [0.29, 0.717) is 12.2 Å². The number of nitrogens with zero attached hydrogens (tertiary/aromatic N) is 1. The highest BCUT2D eigenvalue weighted by Gasteiger charge is 2.42. The quantitative estimate of drug-likeness (QED) is 0.459. The van der Waals surface area contributed by atoms with Crippen molar-refractivity contribution < 1.29 is 14.5 Å². The number of hydrogen-bond acceptors (Lipinski definition) is 5. The van der Waals surface area contributed by atoms with Crippen LogP contribution in [0.4, 0.5) is 0 Å². The van der Waals surface area contributed by atoms with Gasteiger partial charge in [0.1, 0.15) is 11.8 Å². The van der Waals surface area contributed by atoms with Crippen molar-refractivity contribution in [1.29, 1.82) is 0 Å². The fourth-order valence-electron chi connectivity index (χ4n) is 2.04. The maximum atomic E-state index is 11.6. The van der Waals surface area contributed by atoms with Crippen LogP contribution in [0, 0.1) is 16.0 Å². The molecule has 2 aliphatic rings. The average Bonchev–Trinajstić information content (AvgIpc) is 2.34. The minimum Gasteiger partial charge on any atom is -0.449 e. The number of carbonyl (C=O) groups is 1. The Balaban J connectivity index is 2.41. The summed E-state index contributed by atoms with van der Waals surface area (Å²) in [6, 6.07) is 0. The summed E-state index contributed by atoms with van der Waals surface area (Å²) in [5, 5.41) is 14.0. The molecule has 1 heterocycles. The molecule has 18 heavy (non-hydrogen) atoms. The van der Waals surface area contributed by atoms with Crippen molar-refractivity contribution in [3.63, 3.8) is 0 Å². The standard InChI is InChI=1S/C12H14N2O4/c1-2-7-13-10-8-5-3-4-6-9(8)18-12(15)11(10)14(16)17/h3-6,8-9,13H,2,7H2,1H3. The second-order valence-corrected chi connectivity index (χ2v) is 4.11. The molecule has 2 unspecified atom stereocenters. The third-order valence-electron chi connectivity index (χ3n) is 2.86. The van der Waals surface area contributed by atoms with Gasteiger partial charge >= 0.3 is 11.7 Å². The molecule has 96 valence electrons. The molecule has 0 spiro atoms. The lowest BCUT2D eigenvalue weighted by atomic mass is 9.90. The number of nitrogens with one attached hydrogen (secondary N) is 1. The van der Waals surface area contributed by atoms with Crippen molar-refractivity contribution in [1.82, 2.24) is 5.32 Å². The number of rotatable bonds is 4. The van der Waals surface area contributed by atoms with E-state index in [0.717, 1.165) is 6.42 Å². The number of ether oxygens (including phenoxy) is 1. The third-order valence-corrected chi connectivity index (χ3v) is 2.86. The molecule has 0 saturated heterocycles. The van der Waals surface area contributed by atoms with Gasteiger partial charge in [-0.2, -0.15) is 0 Å². The van der Waals surface area contributed by atoms with Crippen LogP contribution in [0.3, 0.4) is 0 Å². The second-order valence-electron chi connectivity index (χ2n) is 4.11. The first-order chi connectivity index (χ1) is 8.65. The summed E-state index contributed by atoms with van der Waals surface area (Å²) < 4.78 is 5.06. The Morgan fingerprint density at radius 1 is 1.44 bits per heavy atom. The summed E-state index contributed by atoms with van der Waals surface area (Å²) in [6.07, 6.45) is 7.46. The zero-order chi connectivity index (χ0) is 13.1. The fraction of sp³-hybridized carbons (Fsp3) is 0.417. The summed E-state index contributed by atoms with van der Waals surface area (Å²) in [5.41, 5.74) is -0.131. The summed E-state index contributed by atoms with van der Waals surface area (Å²) in [7, 11) is 0. The molecule has 2 rings (SSSR count). The normalized spacial score (nSPS) is 25.7. The van der Waals surface area contributed by atoms with Crippen molar-refractivity contribution in [2.75, 3.05) is 6.54 Å². The molecule has 0 amide bonds. The lowest BCUT2D eigenvalue weighted by Gasteiger charge is -2.30. The molecular weight excluding hydrogens is 236 g/mol. The predicted molar refractivity (Wildman–Crippen MR) is 64.0 cm³/mol. The Labute approximate surface area is 104 Å². The van der Waals surface area contributed by atoms with Crippen molar-refractivity contribution >= 4 is 5.97 Å². The molecular formula is C12H14N2O4. The molecule has 2 atom stereocenters. The van der Waals surface area contributed by atoms with Gasteiger partial charge in [-0.1, -0.05) is 25.2 Å². The van der Waals surface area contributed by atoms with Crippen LogP contribution in [0.2, 0.25) is 0 Å². The van der Waals surface area contributed by atoms with Crippen molar-refractivity contribution in [3.05, 3.63) is 45.8 Å². The number of carbonyl (C=O) groups excluding carboxylic acids is 1. The highest BCUT2D eigenvalue weighted by molar-refractivity contribution is 5.88. The van der Waals surface area contributed by atoms with Crippen molar-refractivity contribution in [2.24, 2.45) is 5.92 Å². The first-order valence-electron chi connectivity index (χ1n) is 5.83. The maximum Gasteiger partial charge on any atom is 0.412 e. The van der Waals surface area contributed by atoms with E-state index in [9.17, 15) is 14.9 Å². The molecule has 0 saturated carbocycles. The molecule has 0 fully saturated rings. The molecule has 0 bridgehead atoms. The molecule has 6 nitrogen and oxygen atoms in total. The van der Waals surface area contributed by atoms with E-state index < -0.39 is 22.7 Å². The first-order valence-corrected chi connectivity index (χ1v) is 5.83. The molecule has 0 radical (unpaired) electrons. The Morgan fingerprint density at radius 2 is 2.17 bits per heavy atom. The number of nitro groups is 1. The van der Waals surface area contributed by atoms with E-state index in [-0.39, 0.29) is 5.92 Å². The van der Waals surface area contributed by atoms with Gasteiger partial charge in [-0.3, -0.25) is 10.1 Å². The van der Waals surface area contributed by atoms with Crippen LogP contribution >= 0.6 is 0 Å². The van der Waals surface area contributed by atoms with Crippen LogP contribution < -0.4 is 5.32 Å².